The highest BCUT2D eigenvalue weighted by molar-refractivity contribution is 5.92. The van der Waals surface area contributed by atoms with Crippen LogP contribution in [0.2, 0.25) is 0 Å². The number of rotatable bonds is 9. The van der Waals surface area contributed by atoms with Crippen molar-refractivity contribution < 1.29 is 19.5 Å². The van der Waals surface area contributed by atoms with E-state index in [1.165, 1.54) is 6.92 Å². The third-order valence-electron chi connectivity index (χ3n) is 3.90. The van der Waals surface area contributed by atoms with Crippen molar-refractivity contribution in [3.63, 3.8) is 0 Å². The number of aliphatic carboxylic acids is 1. The predicted octanol–water partition coefficient (Wildman–Crippen LogP) is 0.547. The molecule has 3 atom stereocenters. The van der Waals surface area contributed by atoms with Crippen LogP contribution in [0, 0.1) is 5.92 Å². The molecule has 0 bridgehead atoms. The lowest BCUT2D eigenvalue weighted by Gasteiger charge is -2.25. The maximum atomic E-state index is 12.5. The first-order chi connectivity index (χ1) is 11.8. The standard InChI is InChI=1S/C18H27N3O4/c1-11(2)15(19-4)17(23)21-14(10-13-8-6-5-7-9-13)16(22)20-12(3)18(24)25/h5-9,11-12,14-15,19H,10H2,1-4H3,(H,20,22)(H,21,23)(H,24,25)/t12-,14-,15-/m0/s1. The first-order valence-corrected chi connectivity index (χ1v) is 8.31. The van der Waals surface area contributed by atoms with E-state index < -0.39 is 30.0 Å². The highest BCUT2D eigenvalue weighted by atomic mass is 16.4. The van der Waals surface area contributed by atoms with E-state index in [0.717, 1.165) is 5.56 Å². The maximum absolute atomic E-state index is 12.5. The van der Waals surface area contributed by atoms with E-state index in [2.05, 4.69) is 16.0 Å². The highest BCUT2D eigenvalue weighted by Gasteiger charge is 2.28. The summed E-state index contributed by atoms with van der Waals surface area (Å²) >= 11 is 0. The first kappa shape index (κ1) is 20.6. The number of carboxylic acids is 1. The predicted molar refractivity (Wildman–Crippen MR) is 95.0 cm³/mol. The maximum Gasteiger partial charge on any atom is 0.325 e. The second-order valence-corrected chi connectivity index (χ2v) is 6.33. The topological polar surface area (TPSA) is 108 Å². The summed E-state index contributed by atoms with van der Waals surface area (Å²) in [5, 5.41) is 17.1. The van der Waals surface area contributed by atoms with Gasteiger partial charge in [-0.25, -0.2) is 0 Å². The zero-order valence-electron chi connectivity index (χ0n) is 15.1. The number of benzene rings is 1. The average Bonchev–Trinajstić information content (AvgIpc) is 2.55. The van der Waals surface area contributed by atoms with Crippen molar-refractivity contribution in [3.05, 3.63) is 35.9 Å². The SMILES string of the molecule is CN[C@H](C(=O)N[C@@H](Cc1ccccc1)C(=O)N[C@@H](C)C(=O)O)C(C)C. The fourth-order valence-corrected chi connectivity index (χ4v) is 2.46. The van der Waals surface area contributed by atoms with Gasteiger partial charge in [0, 0.05) is 6.42 Å². The molecule has 0 aliphatic rings. The number of likely N-dealkylation sites (N-methyl/N-ethyl adjacent to an activating group) is 1. The summed E-state index contributed by atoms with van der Waals surface area (Å²) < 4.78 is 0. The molecule has 1 aromatic rings. The van der Waals surface area contributed by atoms with Crippen LogP contribution in [-0.2, 0) is 20.8 Å². The van der Waals surface area contributed by atoms with Gasteiger partial charge in [-0.15, -0.1) is 0 Å². The number of carbonyl (C=O) groups is 3. The molecule has 0 spiro atoms. The monoisotopic (exact) mass is 349 g/mol. The minimum absolute atomic E-state index is 0.0448. The van der Waals surface area contributed by atoms with Gasteiger partial charge in [0.2, 0.25) is 11.8 Å². The number of hydrogen-bond acceptors (Lipinski definition) is 4. The molecule has 0 fully saturated rings. The molecule has 0 radical (unpaired) electrons. The minimum atomic E-state index is -1.13. The Hall–Kier alpha value is -2.41. The number of nitrogens with one attached hydrogen (secondary N) is 3. The Bertz CT molecular complexity index is 589. The van der Waals surface area contributed by atoms with Gasteiger partial charge < -0.3 is 21.1 Å². The van der Waals surface area contributed by atoms with Crippen LogP contribution in [-0.4, -0.2) is 48.1 Å². The molecule has 2 amide bonds. The van der Waals surface area contributed by atoms with Gasteiger partial charge >= 0.3 is 5.97 Å². The molecule has 1 aromatic carbocycles. The van der Waals surface area contributed by atoms with Crippen molar-refractivity contribution in [2.45, 2.75) is 45.3 Å². The van der Waals surface area contributed by atoms with E-state index in [4.69, 9.17) is 5.11 Å². The van der Waals surface area contributed by atoms with E-state index in [-0.39, 0.29) is 18.2 Å². The van der Waals surface area contributed by atoms with Crippen molar-refractivity contribution in [3.8, 4) is 0 Å². The van der Waals surface area contributed by atoms with Gasteiger partial charge in [0.1, 0.15) is 12.1 Å². The largest absolute Gasteiger partial charge is 0.480 e. The normalized spacial score (nSPS) is 14.4. The smallest absolute Gasteiger partial charge is 0.325 e. The van der Waals surface area contributed by atoms with E-state index in [1.54, 1.807) is 7.05 Å². The van der Waals surface area contributed by atoms with Crippen LogP contribution in [0.15, 0.2) is 30.3 Å². The van der Waals surface area contributed by atoms with E-state index in [1.807, 2.05) is 44.2 Å². The molecule has 0 aliphatic heterocycles. The molecule has 0 heterocycles. The number of carbonyl (C=O) groups excluding carboxylic acids is 2. The molecule has 0 aliphatic carbocycles. The minimum Gasteiger partial charge on any atom is -0.480 e. The molecule has 138 valence electrons. The van der Waals surface area contributed by atoms with Crippen LogP contribution in [0.4, 0.5) is 0 Å². The second-order valence-electron chi connectivity index (χ2n) is 6.33. The van der Waals surface area contributed by atoms with Gasteiger partial charge in [0.15, 0.2) is 0 Å². The van der Waals surface area contributed by atoms with Crippen LogP contribution < -0.4 is 16.0 Å². The van der Waals surface area contributed by atoms with Gasteiger partial charge in [-0.2, -0.15) is 0 Å². The van der Waals surface area contributed by atoms with Crippen molar-refractivity contribution >= 4 is 17.8 Å². The first-order valence-electron chi connectivity index (χ1n) is 8.31. The molecule has 0 saturated heterocycles. The molecule has 0 aromatic heterocycles. The molecule has 0 saturated carbocycles. The molecule has 1 rings (SSSR count). The number of amides is 2. The Balaban J connectivity index is 2.92. The Morgan fingerprint density at radius 1 is 1.00 bits per heavy atom. The third kappa shape index (κ3) is 6.54. The van der Waals surface area contributed by atoms with Crippen LogP contribution in [0.5, 0.6) is 0 Å². The molecule has 7 nitrogen and oxygen atoms in total. The Labute approximate surface area is 148 Å². The van der Waals surface area contributed by atoms with E-state index in [0.29, 0.717) is 0 Å². The molecule has 7 heteroatoms. The summed E-state index contributed by atoms with van der Waals surface area (Å²) in [6, 6.07) is 6.92. The number of hydrogen-bond donors (Lipinski definition) is 4. The zero-order valence-corrected chi connectivity index (χ0v) is 15.1. The average molecular weight is 349 g/mol. The van der Waals surface area contributed by atoms with Crippen molar-refractivity contribution in [2.75, 3.05) is 7.05 Å². The lowest BCUT2D eigenvalue weighted by molar-refractivity contribution is -0.141. The second kappa shape index (κ2) is 9.78. The molecule has 0 unspecified atom stereocenters. The van der Waals surface area contributed by atoms with Crippen LogP contribution in [0.1, 0.15) is 26.3 Å². The Kier molecular flexibility index (Phi) is 8.07. The van der Waals surface area contributed by atoms with E-state index in [9.17, 15) is 14.4 Å². The Morgan fingerprint density at radius 3 is 2.08 bits per heavy atom. The van der Waals surface area contributed by atoms with Crippen LogP contribution in [0.25, 0.3) is 0 Å². The lowest BCUT2D eigenvalue weighted by Crippen LogP contribution is -2.56. The van der Waals surface area contributed by atoms with Gasteiger partial charge in [0.25, 0.3) is 0 Å². The van der Waals surface area contributed by atoms with Crippen LogP contribution >= 0.6 is 0 Å². The third-order valence-corrected chi connectivity index (χ3v) is 3.90. The van der Waals surface area contributed by atoms with Gasteiger partial charge in [-0.1, -0.05) is 44.2 Å². The van der Waals surface area contributed by atoms with Crippen molar-refractivity contribution in [2.24, 2.45) is 5.92 Å². The summed E-state index contributed by atoms with van der Waals surface area (Å²) in [6.45, 7) is 5.19. The van der Waals surface area contributed by atoms with Crippen molar-refractivity contribution in [1.82, 2.24) is 16.0 Å². The zero-order chi connectivity index (χ0) is 19.0. The summed E-state index contributed by atoms with van der Waals surface area (Å²) in [5.74, 6) is -1.90. The lowest BCUT2D eigenvalue weighted by atomic mass is 10.0. The highest BCUT2D eigenvalue weighted by Crippen LogP contribution is 2.06. The van der Waals surface area contributed by atoms with Gasteiger partial charge in [-0.05, 0) is 25.5 Å². The van der Waals surface area contributed by atoms with Crippen LogP contribution in [0.3, 0.4) is 0 Å². The summed E-state index contributed by atoms with van der Waals surface area (Å²) in [4.78, 5) is 35.9. The van der Waals surface area contributed by atoms with Gasteiger partial charge in [0.05, 0.1) is 6.04 Å². The number of carboxylic acid groups (broad SMARTS) is 1. The van der Waals surface area contributed by atoms with Crippen molar-refractivity contribution in [1.29, 1.82) is 0 Å². The fraction of sp³-hybridized carbons (Fsp3) is 0.500. The molecular weight excluding hydrogens is 322 g/mol. The summed E-state index contributed by atoms with van der Waals surface area (Å²) in [6.07, 6.45) is 0.277. The Morgan fingerprint density at radius 2 is 1.60 bits per heavy atom. The summed E-state index contributed by atoms with van der Waals surface area (Å²) in [7, 11) is 1.68. The summed E-state index contributed by atoms with van der Waals surface area (Å²) in [5.41, 5.74) is 0.872. The molecule has 25 heavy (non-hydrogen) atoms. The van der Waals surface area contributed by atoms with E-state index >= 15 is 0 Å². The molecular formula is C18H27N3O4. The molecule has 4 N–H and O–H groups in total. The van der Waals surface area contributed by atoms with Gasteiger partial charge in [-0.3, -0.25) is 14.4 Å². The fourth-order valence-electron chi connectivity index (χ4n) is 2.46. The quantitative estimate of drug-likeness (QED) is 0.521.